The predicted octanol–water partition coefficient (Wildman–Crippen LogP) is 3.79. The van der Waals surface area contributed by atoms with E-state index in [0.29, 0.717) is 12.0 Å². The smallest absolute Gasteiger partial charge is 0.336 e. The molecule has 43 heavy (non-hydrogen) atoms. The number of nitrogens with zero attached hydrogens (tertiary/aromatic N) is 1. The van der Waals surface area contributed by atoms with E-state index in [4.69, 9.17) is 20.4 Å². The monoisotopic (exact) mass is 616 g/mol. The molecule has 1 spiro atoms. The fourth-order valence-electron chi connectivity index (χ4n) is 6.40. The minimum absolute atomic E-state index is 0.0210. The molecule has 3 unspecified atom stereocenters. The number of aliphatic hydroxyl groups is 2. The average Bonchev–Trinajstić information content (AvgIpc) is 3.30. The summed E-state index contributed by atoms with van der Waals surface area (Å²) in [6.07, 6.45) is 1.19. The summed E-state index contributed by atoms with van der Waals surface area (Å²) >= 11 is 2.04. The van der Waals surface area contributed by atoms with E-state index in [0.717, 1.165) is 31.6 Å². The van der Waals surface area contributed by atoms with Crippen LogP contribution >= 0.6 is 11.8 Å². The first kappa shape index (κ1) is 32.5. The van der Waals surface area contributed by atoms with Crippen molar-refractivity contribution in [2.24, 2.45) is 5.92 Å². The van der Waals surface area contributed by atoms with Crippen LogP contribution in [0.25, 0.3) is 10.9 Å². The van der Waals surface area contributed by atoms with Crippen LogP contribution in [-0.2, 0) is 31.2 Å². The van der Waals surface area contributed by atoms with Crippen LogP contribution in [0.5, 0.6) is 0 Å². The Labute approximate surface area is 252 Å². The van der Waals surface area contributed by atoms with Gasteiger partial charge in [0.25, 0.3) is 0 Å². The van der Waals surface area contributed by atoms with Crippen LogP contribution in [0.4, 0.5) is 4.39 Å². The molecule has 5 rings (SSSR count). The van der Waals surface area contributed by atoms with Gasteiger partial charge in [0.1, 0.15) is 5.82 Å². The number of thioether (sulfide) groups is 1. The number of nitrogens with one attached hydrogen (secondary N) is 1. The number of aromatic nitrogens is 1. The SMILES string of the molecule is CN(C)CC1CC2(CCC1(O)c1cccc(F)c1)SCCc1c2[nH]c2ccccc12.O=C(O)CC(O)(CC(=O)O)C(=O)O. The molecule has 2 heterocycles. The molecule has 1 aromatic heterocycles. The van der Waals surface area contributed by atoms with Crippen LogP contribution in [0.3, 0.4) is 0 Å². The second kappa shape index (κ2) is 12.7. The molecule has 2 aromatic carbocycles. The standard InChI is InChI=1S/C25H29FN2OS.C6H8O7/c1-28(2)16-18-15-24(11-12-25(18,29)17-6-5-7-19(26)14-17)23-21(10-13-30-24)20-8-3-4-9-22(20)27-23;7-3(8)1-6(13,5(11)12)2-4(9)10/h3-9,14,18,27,29H,10-13,15-16H2,1-2H3;13H,1-2H2,(H,7,8)(H,9,10)(H,11,12). The van der Waals surface area contributed by atoms with Crippen molar-refractivity contribution in [3.05, 3.63) is 71.2 Å². The Morgan fingerprint density at radius 1 is 1.05 bits per heavy atom. The maximum atomic E-state index is 14.0. The molecule has 10 nitrogen and oxygen atoms in total. The summed E-state index contributed by atoms with van der Waals surface area (Å²) in [5, 5.41) is 47.0. The number of carboxylic acid groups (broad SMARTS) is 3. The third-order valence-electron chi connectivity index (χ3n) is 8.36. The van der Waals surface area contributed by atoms with Crippen LogP contribution in [0.1, 0.15) is 48.9 Å². The zero-order valence-electron chi connectivity index (χ0n) is 24.0. The largest absolute Gasteiger partial charge is 0.481 e. The summed E-state index contributed by atoms with van der Waals surface area (Å²) in [7, 11) is 4.10. The van der Waals surface area contributed by atoms with Crippen molar-refractivity contribution in [2.45, 2.75) is 54.5 Å². The fraction of sp³-hybridized carbons (Fsp3) is 0.452. The maximum absolute atomic E-state index is 14.0. The Morgan fingerprint density at radius 2 is 1.72 bits per heavy atom. The zero-order chi connectivity index (χ0) is 31.6. The lowest BCUT2D eigenvalue weighted by atomic mass is 9.66. The summed E-state index contributed by atoms with van der Waals surface area (Å²) in [6.45, 7) is 0.769. The molecule has 12 heteroatoms. The van der Waals surface area contributed by atoms with E-state index < -0.39 is 42.0 Å². The van der Waals surface area contributed by atoms with Crippen molar-refractivity contribution in [3.63, 3.8) is 0 Å². The third-order valence-corrected chi connectivity index (χ3v) is 9.89. The second-order valence-electron chi connectivity index (χ2n) is 11.7. The molecular weight excluding hydrogens is 579 g/mol. The van der Waals surface area contributed by atoms with Crippen molar-refractivity contribution < 1.29 is 44.3 Å². The first-order valence-corrected chi connectivity index (χ1v) is 14.9. The van der Waals surface area contributed by atoms with Crippen LogP contribution in [-0.4, -0.2) is 85.3 Å². The van der Waals surface area contributed by atoms with Gasteiger partial charge in [0.15, 0.2) is 5.60 Å². The van der Waals surface area contributed by atoms with Crippen molar-refractivity contribution in [1.82, 2.24) is 9.88 Å². The van der Waals surface area contributed by atoms with Crippen LogP contribution in [0.2, 0.25) is 0 Å². The van der Waals surface area contributed by atoms with E-state index >= 15 is 0 Å². The first-order valence-electron chi connectivity index (χ1n) is 14.0. The lowest BCUT2D eigenvalue weighted by Gasteiger charge is -2.51. The number of hydrogen-bond acceptors (Lipinski definition) is 7. The minimum atomic E-state index is -2.74. The van der Waals surface area contributed by atoms with Crippen molar-refractivity contribution in [1.29, 1.82) is 0 Å². The number of benzene rings is 2. The molecule has 1 fully saturated rings. The highest BCUT2D eigenvalue weighted by molar-refractivity contribution is 8.00. The molecule has 0 amide bonds. The van der Waals surface area contributed by atoms with Crippen LogP contribution < -0.4 is 0 Å². The number of H-pyrrole nitrogens is 1. The molecule has 232 valence electrons. The number of rotatable bonds is 8. The molecule has 1 aliphatic heterocycles. The molecular formula is C31H37FN2O8S. The molecule has 2 aliphatic rings. The Hall–Kier alpha value is -3.45. The van der Waals surface area contributed by atoms with E-state index in [9.17, 15) is 23.9 Å². The average molecular weight is 617 g/mol. The van der Waals surface area contributed by atoms with Gasteiger partial charge in [-0.25, -0.2) is 9.18 Å². The Bertz CT molecular complexity index is 1490. The summed E-state index contributed by atoms with van der Waals surface area (Å²) in [6, 6.07) is 15.1. The van der Waals surface area contributed by atoms with Gasteiger partial charge in [0.2, 0.25) is 0 Å². The van der Waals surface area contributed by atoms with Crippen molar-refractivity contribution in [2.75, 3.05) is 26.4 Å². The van der Waals surface area contributed by atoms with E-state index in [1.807, 2.05) is 17.8 Å². The van der Waals surface area contributed by atoms with Gasteiger partial charge in [-0.3, -0.25) is 9.59 Å². The number of halogens is 1. The molecule has 0 saturated heterocycles. The van der Waals surface area contributed by atoms with Crippen molar-refractivity contribution >= 4 is 40.6 Å². The number of carbonyl (C=O) groups is 3. The molecule has 0 bridgehead atoms. The van der Waals surface area contributed by atoms with Gasteiger partial charge in [0, 0.05) is 29.1 Å². The lowest BCUT2D eigenvalue weighted by Crippen LogP contribution is -2.50. The Morgan fingerprint density at radius 3 is 2.33 bits per heavy atom. The molecule has 3 atom stereocenters. The number of aromatic amines is 1. The highest BCUT2D eigenvalue weighted by atomic mass is 32.2. The lowest BCUT2D eigenvalue weighted by molar-refractivity contribution is -0.170. The highest BCUT2D eigenvalue weighted by Gasteiger charge is 2.52. The van der Waals surface area contributed by atoms with Gasteiger partial charge in [-0.15, -0.1) is 11.8 Å². The summed E-state index contributed by atoms with van der Waals surface area (Å²) in [5.74, 6) is -4.18. The van der Waals surface area contributed by atoms with E-state index in [-0.39, 0.29) is 16.5 Å². The van der Waals surface area contributed by atoms with Crippen molar-refractivity contribution in [3.8, 4) is 0 Å². The second-order valence-corrected chi connectivity index (χ2v) is 13.2. The zero-order valence-corrected chi connectivity index (χ0v) is 24.9. The molecule has 3 aromatic rings. The van der Waals surface area contributed by atoms with Crippen LogP contribution in [0.15, 0.2) is 48.5 Å². The van der Waals surface area contributed by atoms with Gasteiger partial charge in [-0.1, -0.05) is 30.3 Å². The molecule has 1 aliphatic carbocycles. The Balaban J connectivity index is 0.000000277. The number of hydrogen-bond donors (Lipinski definition) is 6. The number of carboxylic acids is 3. The first-order chi connectivity index (χ1) is 20.2. The topological polar surface area (TPSA) is 171 Å². The maximum Gasteiger partial charge on any atom is 0.336 e. The summed E-state index contributed by atoms with van der Waals surface area (Å²) < 4.78 is 14.0. The fourth-order valence-corrected chi connectivity index (χ4v) is 7.98. The van der Waals surface area contributed by atoms with Crippen LogP contribution in [0, 0.1) is 11.7 Å². The van der Waals surface area contributed by atoms with Gasteiger partial charge < -0.3 is 35.4 Å². The summed E-state index contributed by atoms with van der Waals surface area (Å²) in [4.78, 5) is 36.4. The van der Waals surface area contributed by atoms with Gasteiger partial charge in [-0.05, 0) is 74.9 Å². The third kappa shape index (κ3) is 6.87. The quantitative estimate of drug-likeness (QED) is 0.219. The van der Waals surface area contributed by atoms with Gasteiger partial charge >= 0.3 is 17.9 Å². The number of fused-ring (bicyclic) bond motifs is 4. The minimum Gasteiger partial charge on any atom is -0.481 e. The number of aryl methyl sites for hydroxylation is 1. The van der Waals surface area contributed by atoms with Gasteiger partial charge in [-0.2, -0.15) is 0 Å². The van der Waals surface area contributed by atoms with E-state index in [1.54, 1.807) is 6.07 Å². The normalized spacial score (nSPS) is 23.4. The summed E-state index contributed by atoms with van der Waals surface area (Å²) in [5.41, 5.74) is 0.968. The van der Waals surface area contributed by atoms with E-state index in [2.05, 4.69) is 48.2 Å². The highest BCUT2D eigenvalue weighted by Crippen LogP contribution is 2.58. The molecule has 0 radical (unpaired) electrons. The van der Waals surface area contributed by atoms with E-state index in [1.165, 1.54) is 34.3 Å². The molecule has 6 N–H and O–H groups in total. The predicted molar refractivity (Wildman–Crippen MR) is 159 cm³/mol. The van der Waals surface area contributed by atoms with Gasteiger partial charge in [0.05, 0.1) is 23.2 Å². The molecule has 1 saturated carbocycles. The Kier molecular flexibility index (Phi) is 9.55. The number of para-hydroxylation sites is 1. The number of aliphatic carboxylic acids is 3.